The predicted molar refractivity (Wildman–Crippen MR) is 104 cm³/mol. The summed E-state index contributed by atoms with van der Waals surface area (Å²) in [6.07, 6.45) is 19.5. The summed E-state index contributed by atoms with van der Waals surface area (Å²) in [5.74, 6) is -1.82. The van der Waals surface area contributed by atoms with Gasteiger partial charge in [-0.15, -0.1) is 0 Å². The summed E-state index contributed by atoms with van der Waals surface area (Å²) in [4.78, 5) is 20.1. The Balaban J connectivity index is -0.000000194. The first-order chi connectivity index (χ1) is 12.5. The fourth-order valence-corrected chi connectivity index (χ4v) is 2.81. The van der Waals surface area contributed by atoms with E-state index in [1.165, 1.54) is 77.0 Å². The fraction of sp³-hybridized carbons (Fsp3) is 0.909. The molecule has 28 heavy (non-hydrogen) atoms. The summed E-state index contributed by atoms with van der Waals surface area (Å²) >= 11 is 0. The van der Waals surface area contributed by atoms with E-state index < -0.39 is 11.9 Å². The zero-order valence-corrected chi connectivity index (χ0v) is 24.7. The number of unbranched alkanes of at least 4 members (excludes halogenated alkanes) is 14. The normalized spacial score (nSPS) is 9.50. The number of carbonyl (C=O) groups excluding carboxylic acids is 2. The summed E-state index contributed by atoms with van der Waals surface area (Å²) in [5.41, 5.74) is 0. The van der Waals surface area contributed by atoms with Gasteiger partial charge >= 0.3 is 39.0 Å². The second kappa shape index (κ2) is 31.9. The van der Waals surface area contributed by atoms with Gasteiger partial charge in [-0.3, -0.25) is 0 Å². The minimum Gasteiger partial charge on any atom is -0.550 e. The van der Waals surface area contributed by atoms with Crippen LogP contribution >= 0.6 is 0 Å². The Morgan fingerprint density at radius 3 is 0.893 bits per heavy atom. The summed E-state index contributed by atoms with van der Waals surface area (Å²) in [7, 11) is 0. The Kier molecular flexibility index (Phi) is 40.5. The van der Waals surface area contributed by atoms with Gasteiger partial charge in [0.1, 0.15) is 0 Å². The van der Waals surface area contributed by atoms with E-state index in [9.17, 15) is 19.8 Å². The van der Waals surface area contributed by atoms with Gasteiger partial charge in [0.15, 0.2) is 0 Å². The van der Waals surface area contributed by atoms with Crippen LogP contribution in [0.3, 0.4) is 0 Å². The Labute approximate surface area is 199 Å². The summed E-state index contributed by atoms with van der Waals surface area (Å²) in [5, 5.41) is 20.1. The molecule has 0 spiro atoms. The second-order valence-electron chi connectivity index (χ2n) is 7.19. The van der Waals surface area contributed by atoms with Gasteiger partial charge in [0.2, 0.25) is 0 Å². The fourth-order valence-electron chi connectivity index (χ4n) is 2.81. The van der Waals surface area contributed by atoms with Crippen LogP contribution in [0.5, 0.6) is 0 Å². The molecule has 0 aromatic rings. The zero-order valence-electron chi connectivity index (χ0n) is 18.8. The minimum atomic E-state index is -0.913. The molecule has 0 radical (unpaired) electrons. The quantitative estimate of drug-likeness (QED) is 0.204. The molecule has 0 heterocycles. The van der Waals surface area contributed by atoms with E-state index in [-0.39, 0.29) is 51.8 Å². The van der Waals surface area contributed by atoms with Crippen LogP contribution in [-0.4, -0.2) is 11.9 Å². The van der Waals surface area contributed by atoms with Crippen molar-refractivity contribution in [3.05, 3.63) is 0 Å². The van der Waals surface area contributed by atoms with Crippen molar-refractivity contribution in [3.8, 4) is 0 Å². The number of aliphatic carboxylic acids is 2. The molecule has 0 aliphatic heterocycles. The van der Waals surface area contributed by atoms with Crippen LogP contribution in [0, 0.1) is 0 Å². The number of carbonyl (C=O) groups is 2. The van der Waals surface area contributed by atoms with E-state index in [1.54, 1.807) is 0 Å². The van der Waals surface area contributed by atoms with E-state index in [1.807, 2.05) is 0 Å². The van der Waals surface area contributed by atoms with E-state index >= 15 is 0 Å². The molecule has 0 unspecified atom stereocenters. The van der Waals surface area contributed by atoms with Crippen LogP contribution in [0.1, 0.15) is 129 Å². The van der Waals surface area contributed by atoms with Crippen LogP contribution < -0.4 is 10.2 Å². The third kappa shape index (κ3) is 40.8. The van der Waals surface area contributed by atoms with E-state index in [0.29, 0.717) is 0 Å². The van der Waals surface area contributed by atoms with Crippen LogP contribution in [0.2, 0.25) is 0 Å². The molecule has 0 amide bonds. The van der Waals surface area contributed by atoms with Crippen molar-refractivity contribution in [1.82, 2.24) is 0 Å². The molecule has 6 heteroatoms. The van der Waals surface area contributed by atoms with Gasteiger partial charge in [-0.25, -0.2) is 0 Å². The molecule has 0 fully saturated rings. The van der Waals surface area contributed by atoms with Crippen molar-refractivity contribution in [2.75, 3.05) is 0 Å². The zero-order chi connectivity index (χ0) is 19.9. The van der Waals surface area contributed by atoms with Gasteiger partial charge in [-0.2, -0.15) is 0 Å². The monoisotopic (exact) mass is 498 g/mol. The second-order valence-corrected chi connectivity index (χ2v) is 7.19. The molecule has 0 aromatic carbocycles. The largest absolute Gasteiger partial charge is 2.00 e. The Bertz CT molecular complexity index is 313. The molecule has 0 rings (SSSR count). The molecule has 0 N–H and O–H groups in total. The van der Waals surface area contributed by atoms with Crippen molar-refractivity contribution in [2.24, 2.45) is 0 Å². The topological polar surface area (TPSA) is 80.3 Å². The Hall–Kier alpha value is 0.187. The molecule has 4 nitrogen and oxygen atoms in total. The van der Waals surface area contributed by atoms with Crippen LogP contribution in [0.25, 0.3) is 0 Å². The van der Waals surface area contributed by atoms with Crippen molar-refractivity contribution in [3.63, 3.8) is 0 Å². The first-order valence-corrected chi connectivity index (χ1v) is 10.9. The molecule has 156 valence electrons. The maximum absolute atomic E-state index is 10.1. The molecule has 0 saturated carbocycles. The van der Waals surface area contributed by atoms with Crippen LogP contribution in [-0.2, 0) is 48.5 Å². The predicted octanol–water partition coefficient (Wildman–Crippen LogP) is 4.53. The number of hydrogen-bond donors (Lipinski definition) is 0. The van der Waals surface area contributed by atoms with Gasteiger partial charge in [-0.05, 0) is 25.7 Å². The molecule has 0 aliphatic rings. The molecular weight excluding hydrogens is 459 g/mol. The third-order valence-electron chi connectivity index (χ3n) is 4.47. The van der Waals surface area contributed by atoms with Crippen molar-refractivity contribution in [1.29, 1.82) is 0 Å². The van der Waals surface area contributed by atoms with Gasteiger partial charge in [0.05, 0.1) is 0 Å². The van der Waals surface area contributed by atoms with Gasteiger partial charge in [0, 0.05) is 11.9 Å². The first kappa shape index (κ1) is 35.6. The van der Waals surface area contributed by atoms with Crippen LogP contribution in [0.4, 0.5) is 0 Å². The van der Waals surface area contributed by atoms with Crippen LogP contribution in [0.15, 0.2) is 0 Å². The number of carboxylic acid groups (broad SMARTS) is 2. The SMILES string of the molecule is CCCCCCCCCC(=O)[O-].CCCCCCCCCCCC(=O)[O-].[Zn+2].[Zn+2]. The minimum absolute atomic E-state index is 0. The number of carboxylic acids is 2. The van der Waals surface area contributed by atoms with Gasteiger partial charge in [0.25, 0.3) is 0 Å². The molecule has 0 aromatic heterocycles. The van der Waals surface area contributed by atoms with E-state index in [2.05, 4.69) is 13.8 Å². The molecule has 0 aliphatic carbocycles. The summed E-state index contributed by atoms with van der Waals surface area (Å²) in [6, 6.07) is 0. The number of rotatable bonds is 18. The van der Waals surface area contributed by atoms with Crippen molar-refractivity contribution < 1.29 is 58.8 Å². The maximum Gasteiger partial charge on any atom is 2.00 e. The van der Waals surface area contributed by atoms with Gasteiger partial charge < -0.3 is 19.8 Å². The van der Waals surface area contributed by atoms with E-state index in [4.69, 9.17) is 0 Å². The number of hydrogen-bond acceptors (Lipinski definition) is 4. The molecule has 0 bridgehead atoms. The van der Waals surface area contributed by atoms with Gasteiger partial charge in [-0.1, -0.05) is 104 Å². The van der Waals surface area contributed by atoms with Crippen molar-refractivity contribution in [2.45, 2.75) is 129 Å². The maximum atomic E-state index is 10.1. The standard InChI is InChI=1S/C12H24O2.C10H20O2.2Zn/c1-2-3-4-5-6-7-8-9-10-11-12(13)14;1-2-3-4-5-6-7-8-9-10(11)12;;/h2-11H2,1H3,(H,13,14);2-9H2,1H3,(H,11,12);;/q;;2*+2/p-2. The third-order valence-corrected chi connectivity index (χ3v) is 4.47. The smallest absolute Gasteiger partial charge is 0.550 e. The van der Waals surface area contributed by atoms with E-state index in [0.717, 1.165) is 25.7 Å². The molecular formula is C22H42O4Zn2+2. The summed E-state index contributed by atoms with van der Waals surface area (Å²) < 4.78 is 0. The van der Waals surface area contributed by atoms with Crippen molar-refractivity contribution >= 4 is 11.9 Å². The molecule has 0 atom stereocenters. The Morgan fingerprint density at radius 2 is 0.679 bits per heavy atom. The molecule has 0 saturated heterocycles. The average Bonchev–Trinajstić information content (AvgIpc) is 2.59. The first-order valence-electron chi connectivity index (χ1n) is 10.9. The summed E-state index contributed by atoms with van der Waals surface area (Å²) in [6.45, 7) is 4.41. The average molecular weight is 501 g/mol. The Morgan fingerprint density at radius 1 is 0.464 bits per heavy atom.